The standard InChI is InChI=1S/C12H19N3O2S2/c1-2-14-11-5-6-13-8-12(11)19(16,17)15-10-4-3-7-18-9-10/h5-6,8,10,15H,2-4,7,9H2,1H3,(H,13,14). The molecule has 1 saturated heterocycles. The minimum atomic E-state index is -3.50. The number of nitrogens with one attached hydrogen (secondary N) is 2. The van der Waals surface area contributed by atoms with Gasteiger partial charge in [-0.3, -0.25) is 4.98 Å². The van der Waals surface area contributed by atoms with E-state index in [1.54, 1.807) is 24.0 Å². The van der Waals surface area contributed by atoms with Gasteiger partial charge < -0.3 is 5.32 Å². The van der Waals surface area contributed by atoms with Crippen LogP contribution in [0.3, 0.4) is 0 Å². The number of rotatable bonds is 5. The van der Waals surface area contributed by atoms with Gasteiger partial charge in [0.15, 0.2) is 0 Å². The highest BCUT2D eigenvalue weighted by Crippen LogP contribution is 2.22. The van der Waals surface area contributed by atoms with E-state index in [0.717, 1.165) is 24.3 Å². The average molecular weight is 301 g/mol. The number of aromatic nitrogens is 1. The fraction of sp³-hybridized carbons (Fsp3) is 0.583. The zero-order chi connectivity index (χ0) is 13.7. The molecule has 0 saturated carbocycles. The van der Waals surface area contributed by atoms with Gasteiger partial charge in [0, 0.05) is 30.7 Å². The Morgan fingerprint density at radius 3 is 3.05 bits per heavy atom. The first-order valence-electron chi connectivity index (χ1n) is 6.41. The van der Waals surface area contributed by atoms with Crippen LogP contribution in [-0.2, 0) is 10.0 Å². The molecule has 1 aromatic rings. The number of sulfonamides is 1. The van der Waals surface area contributed by atoms with E-state index in [-0.39, 0.29) is 10.9 Å². The number of nitrogens with zero attached hydrogens (tertiary/aromatic N) is 1. The van der Waals surface area contributed by atoms with Crippen LogP contribution in [0.2, 0.25) is 0 Å². The lowest BCUT2D eigenvalue weighted by Crippen LogP contribution is -2.38. The molecule has 0 amide bonds. The molecule has 2 rings (SSSR count). The van der Waals surface area contributed by atoms with Gasteiger partial charge in [-0.1, -0.05) is 0 Å². The highest BCUT2D eigenvalue weighted by molar-refractivity contribution is 7.99. The SMILES string of the molecule is CCNc1ccncc1S(=O)(=O)NC1CCCSC1. The van der Waals surface area contributed by atoms with Crippen molar-refractivity contribution >= 4 is 27.5 Å². The average Bonchev–Trinajstić information content (AvgIpc) is 2.40. The van der Waals surface area contributed by atoms with Gasteiger partial charge in [-0.2, -0.15) is 11.8 Å². The van der Waals surface area contributed by atoms with E-state index >= 15 is 0 Å². The van der Waals surface area contributed by atoms with Crippen LogP contribution in [0.1, 0.15) is 19.8 Å². The van der Waals surface area contributed by atoms with Gasteiger partial charge in [-0.05, 0) is 31.6 Å². The minimum absolute atomic E-state index is 0.0263. The molecule has 1 atom stereocenters. The van der Waals surface area contributed by atoms with Crippen molar-refractivity contribution in [1.82, 2.24) is 9.71 Å². The van der Waals surface area contributed by atoms with E-state index in [2.05, 4.69) is 15.0 Å². The zero-order valence-electron chi connectivity index (χ0n) is 10.9. The monoisotopic (exact) mass is 301 g/mol. The Kier molecular flexibility index (Phi) is 5.06. The third-order valence-electron chi connectivity index (χ3n) is 2.92. The van der Waals surface area contributed by atoms with Gasteiger partial charge in [-0.15, -0.1) is 0 Å². The summed E-state index contributed by atoms with van der Waals surface area (Å²) in [6.45, 7) is 2.61. The fourth-order valence-electron chi connectivity index (χ4n) is 2.05. The number of hydrogen-bond donors (Lipinski definition) is 2. The third-order valence-corrected chi connectivity index (χ3v) is 5.69. The van der Waals surface area contributed by atoms with Gasteiger partial charge in [0.2, 0.25) is 10.0 Å². The Morgan fingerprint density at radius 1 is 1.53 bits per heavy atom. The molecule has 5 nitrogen and oxygen atoms in total. The van der Waals surface area contributed by atoms with Crippen LogP contribution in [0.15, 0.2) is 23.4 Å². The van der Waals surface area contributed by atoms with Crippen molar-refractivity contribution in [1.29, 1.82) is 0 Å². The summed E-state index contributed by atoms with van der Waals surface area (Å²) in [5, 5.41) is 3.06. The van der Waals surface area contributed by atoms with Gasteiger partial charge in [0.1, 0.15) is 4.90 Å². The van der Waals surface area contributed by atoms with E-state index in [4.69, 9.17) is 0 Å². The second-order valence-corrected chi connectivity index (χ2v) is 7.27. The van der Waals surface area contributed by atoms with Gasteiger partial charge in [0.25, 0.3) is 0 Å². The van der Waals surface area contributed by atoms with Crippen molar-refractivity contribution in [3.8, 4) is 0 Å². The number of thioether (sulfide) groups is 1. The summed E-state index contributed by atoms with van der Waals surface area (Å²) in [5.74, 6) is 1.96. The second kappa shape index (κ2) is 6.58. The molecule has 2 N–H and O–H groups in total. The molecule has 0 radical (unpaired) electrons. The zero-order valence-corrected chi connectivity index (χ0v) is 12.6. The second-order valence-electron chi connectivity index (χ2n) is 4.44. The lowest BCUT2D eigenvalue weighted by Gasteiger charge is -2.22. The lowest BCUT2D eigenvalue weighted by atomic mass is 10.2. The van der Waals surface area contributed by atoms with Crippen molar-refractivity contribution in [2.75, 3.05) is 23.4 Å². The molecule has 1 fully saturated rings. The number of pyridine rings is 1. The van der Waals surface area contributed by atoms with Crippen LogP contribution in [0, 0.1) is 0 Å². The van der Waals surface area contributed by atoms with Crippen LogP contribution in [0.5, 0.6) is 0 Å². The Bertz CT molecular complexity index is 513. The van der Waals surface area contributed by atoms with Gasteiger partial charge in [0.05, 0.1) is 5.69 Å². The molecule has 0 bridgehead atoms. The first-order valence-corrected chi connectivity index (χ1v) is 9.05. The third kappa shape index (κ3) is 3.84. The topological polar surface area (TPSA) is 71.1 Å². The smallest absolute Gasteiger partial charge is 0.244 e. The maximum Gasteiger partial charge on any atom is 0.244 e. The van der Waals surface area contributed by atoms with Crippen LogP contribution >= 0.6 is 11.8 Å². The Balaban J connectivity index is 2.18. The van der Waals surface area contributed by atoms with Crippen molar-refractivity contribution in [3.05, 3.63) is 18.5 Å². The largest absolute Gasteiger partial charge is 0.384 e. The van der Waals surface area contributed by atoms with Crippen LogP contribution < -0.4 is 10.0 Å². The highest BCUT2D eigenvalue weighted by atomic mass is 32.2. The maximum absolute atomic E-state index is 12.4. The molecule has 1 aliphatic heterocycles. The summed E-state index contributed by atoms with van der Waals surface area (Å²) >= 11 is 1.80. The molecule has 1 aliphatic rings. The fourth-order valence-corrected chi connectivity index (χ4v) is 4.62. The summed E-state index contributed by atoms with van der Waals surface area (Å²) in [7, 11) is -3.50. The van der Waals surface area contributed by atoms with Crippen LogP contribution in [-0.4, -0.2) is 37.5 Å². The van der Waals surface area contributed by atoms with E-state index in [0.29, 0.717) is 12.2 Å². The minimum Gasteiger partial charge on any atom is -0.384 e. The molecule has 1 aromatic heterocycles. The molecule has 0 aliphatic carbocycles. The van der Waals surface area contributed by atoms with E-state index < -0.39 is 10.0 Å². The molecule has 1 unspecified atom stereocenters. The highest BCUT2D eigenvalue weighted by Gasteiger charge is 2.24. The molecular formula is C12H19N3O2S2. The first-order chi connectivity index (χ1) is 9.13. The van der Waals surface area contributed by atoms with Crippen LogP contribution in [0.25, 0.3) is 0 Å². The Labute approximate surface area is 118 Å². The summed E-state index contributed by atoms with van der Waals surface area (Å²) < 4.78 is 27.6. The summed E-state index contributed by atoms with van der Waals surface area (Å²) in [4.78, 5) is 4.15. The molecule has 7 heteroatoms. The molecule has 19 heavy (non-hydrogen) atoms. The summed E-state index contributed by atoms with van der Waals surface area (Å²) in [5.41, 5.74) is 0.605. The molecule has 106 valence electrons. The summed E-state index contributed by atoms with van der Waals surface area (Å²) in [6.07, 6.45) is 4.96. The Morgan fingerprint density at radius 2 is 2.37 bits per heavy atom. The summed E-state index contributed by atoms with van der Waals surface area (Å²) in [6, 6.07) is 1.71. The lowest BCUT2D eigenvalue weighted by molar-refractivity contribution is 0.543. The van der Waals surface area contributed by atoms with Crippen molar-refractivity contribution in [2.24, 2.45) is 0 Å². The maximum atomic E-state index is 12.4. The molecule has 0 spiro atoms. The first kappa shape index (κ1) is 14.6. The van der Waals surface area contributed by atoms with Gasteiger partial charge in [-0.25, -0.2) is 13.1 Å². The normalized spacial score (nSPS) is 20.2. The van der Waals surface area contributed by atoms with E-state index in [1.165, 1.54) is 6.20 Å². The van der Waals surface area contributed by atoms with Crippen molar-refractivity contribution in [2.45, 2.75) is 30.7 Å². The van der Waals surface area contributed by atoms with Gasteiger partial charge >= 0.3 is 0 Å². The molecule has 2 heterocycles. The van der Waals surface area contributed by atoms with Crippen molar-refractivity contribution in [3.63, 3.8) is 0 Å². The number of hydrogen-bond acceptors (Lipinski definition) is 5. The Hall–Kier alpha value is -0.790. The molecule has 0 aromatic carbocycles. The van der Waals surface area contributed by atoms with Crippen molar-refractivity contribution < 1.29 is 8.42 Å². The quantitative estimate of drug-likeness (QED) is 0.866. The van der Waals surface area contributed by atoms with E-state index in [1.807, 2.05) is 6.92 Å². The van der Waals surface area contributed by atoms with Crippen LogP contribution in [0.4, 0.5) is 5.69 Å². The molecular weight excluding hydrogens is 282 g/mol. The predicted octanol–water partition coefficient (Wildman–Crippen LogP) is 1.69. The van der Waals surface area contributed by atoms with E-state index in [9.17, 15) is 8.42 Å². The number of anilines is 1. The predicted molar refractivity (Wildman–Crippen MR) is 79.1 cm³/mol.